The van der Waals surface area contributed by atoms with Crippen molar-refractivity contribution in [3.8, 4) is 5.75 Å². The Morgan fingerprint density at radius 1 is 1.38 bits per heavy atom. The van der Waals surface area contributed by atoms with E-state index in [0.717, 1.165) is 40.5 Å². The van der Waals surface area contributed by atoms with Gasteiger partial charge in [-0.15, -0.1) is 0 Å². The molecule has 1 aromatic heterocycles. The lowest BCUT2D eigenvalue weighted by molar-refractivity contribution is -0.950. The van der Waals surface area contributed by atoms with E-state index >= 15 is 0 Å². The molecule has 5 rings (SSSR count). The summed E-state index contributed by atoms with van der Waals surface area (Å²) in [5, 5.41) is 12.2. The molecule has 3 saturated heterocycles. The lowest BCUT2D eigenvalue weighted by Crippen LogP contribution is -3.20. The maximum atomic E-state index is 11.2. The number of piperidine rings is 3. The molecule has 3 aliphatic heterocycles. The van der Waals surface area contributed by atoms with E-state index in [2.05, 4.69) is 11.9 Å². The van der Waals surface area contributed by atoms with Gasteiger partial charge in [0.15, 0.2) is 0 Å². The zero-order valence-corrected chi connectivity index (χ0v) is 14.5. The highest BCUT2D eigenvalue weighted by molar-refractivity contribution is 5.83. The third kappa shape index (κ3) is 2.58. The first kappa shape index (κ1) is 15.9. The number of ether oxygens (including phenoxy) is 1. The molecule has 3 aliphatic rings. The zero-order valence-electron chi connectivity index (χ0n) is 14.5. The van der Waals surface area contributed by atoms with Crippen LogP contribution >= 0.6 is 0 Å². The van der Waals surface area contributed by atoms with Crippen LogP contribution in [0.3, 0.4) is 0 Å². The summed E-state index contributed by atoms with van der Waals surface area (Å²) in [7, 11) is 1.68. The fourth-order valence-corrected chi connectivity index (χ4v) is 4.93. The van der Waals surface area contributed by atoms with Crippen LogP contribution in [0.5, 0.6) is 5.75 Å². The van der Waals surface area contributed by atoms with Crippen molar-refractivity contribution in [3.05, 3.63) is 36.0 Å². The number of nitrogens with one attached hydrogen (secondary N) is 1. The fourth-order valence-electron chi connectivity index (χ4n) is 4.93. The second kappa shape index (κ2) is 6.34. The van der Waals surface area contributed by atoms with E-state index in [1.165, 1.54) is 25.9 Å². The molecule has 4 nitrogen and oxygen atoms in total. The van der Waals surface area contributed by atoms with Crippen molar-refractivity contribution in [3.63, 3.8) is 0 Å². The molecule has 4 heteroatoms. The van der Waals surface area contributed by atoms with E-state index in [1.807, 2.05) is 30.5 Å². The summed E-state index contributed by atoms with van der Waals surface area (Å²) in [6.45, 7) is 4.73. The van der Waals surface area contributed by atoms with Gasteiger partial charge in [-0.25, -0.2) is 0 Å². The first-order chi connectivity index (χ1) is 11.7. The van der Waals surface area contributed by atoms with Gasteiger partial charge >= 0.3 is 0 Å². The number of rotatable bonds is 4. The summed E-state index contributed by atoms with van der Waals surface area (Å²) in [5.74, 6) is 2.44. The molecule has 0 saturated carbocycles. The van der Waals surface area contributed by atoms with E-state index in [-0.39, 0.29) is 0 Å². The zero-order chi connectivity index (χ0) is 16.7. The highest BCUT2D eigenvalue weighted by Gasteiger charge is 2.46. The van der Waals surface area contributed by atoms with Crippen LogP contribution in [-0.4, -0.2) is 36.3 Å². The minimum Gasteiger partial charge on any atom is -0.497 e. The summed E-state index contributed by atoms with van der Waals surface area (Å²) in [6.07, 6.45) is 5.11. The average molecular weight is 327 g/mol. The molecule has 2 N–H and O–H groups in total. The Bertz CT molecular complexity index is 733. The quantitative estimate of drug-likeness (QED) is 0.903. The highest BCUT2D eigenvalue weighted by Crippen LogP contribution is 2.35. The second-order valence-corrected chi connectivity index (χ2v) is 7.40. The van der Waals surface area contributed by atoms with Gasteiger partial charge in [-0.2, -0.15) is 0 Å². The number of pyridine rings is 1. The summed E-state index contributed by atoms with van der Waals surface area (Å²) in [6, 6.07) is 8.18. The van der Waals surface area contributed by atoms with Crippen molar-refractivity contribution < 1.29 is 14.7 Å². The predicted octanol–water partition coefficient (Wildman–Crippen LogP) is 1.98. The number of fused-ring (bicyclic) bond motifs is 4. The van der Waals surface area contributed by atoms with Crippen molar-refractivity contribution in [2.45, 2.75) is 38.3 Å². The largest absolute Gasteiger partial charge is 0.497 e. The van der Waals surface area contributed by atoms with Crippen molar-refractivity contribution in [1.29, 1.82) is 0 Å². The molecular weight excluding hydrogens is 300 g/mol. The van der Waals surface area contributed by atoms with Gasteiger partial charge in [0, 0.05) is 30.3 Å². The van der Waals surface area contributed by atoms with E-state index in [9.17, 15) is 5.11 Å². The number of hydrogen-bond donors (Lipinski definition) is 2. The maximum Gasteiger partial charge on any atom is 0.131 e. The third-order valence-electron chi connectivity index (χ3n) is 6.31. The van der Waals surface area contributed by atoms with Gasteiger partial charge in [-0.05, 0) is 42.2 Å². The Labute approximate surface area is 143 Å². The normalized spacial score (nSPS) is 30.5. The standard InChI is InChI=1S/C20H26N2O2/c1-3-13-12-22-9-7-14(13)10-19(22)20(23)16-6-8-21-18-5-4-15(24-2)11-17(16)18/h4-6,8,11,13-14,19-20,23H,3,7,9-10,12H2,1-2H3/p+1/t13-,14-,19-,20-/m1/s1. The Morgan fingerprint density at radius 3 is 2.96 bits per heavy atom. The topological polar surface area (TPSA) is 46.8 Å². The molecule has 1 aromatic carbocycles. The minimum absolute atomic E-state index is 0.309. The average Bonchev–Trinajstić information content (AvgIpc) is 2.66. The van der Waals surface area contributed by atoms with Crippen molar-refractivity contribution in [2.24, 2.45) is 11.8 Å². The Kier molecular flexibility index (Phi) is 4.19. The molecule has 0 aliphatic carbocycles. The number of quaternary nitrogens is 1. The lowest BCUT2D eigenvalue weighted by Gasteiger charge is -2.48. The highest BCUT2D eigenvalue weighted by atomic mass is 16.5. The third-order valence-corrected chi connectivity index (χ3v) is 6.31. The van der Waals surface area contributed by atoms with Gasteiger partial charge in [0.05, 0.1) is 25.7 Å². The number of aliphatic hydroxyl groups is 1. The van der Waals surface area contributed by atoms with Gasteiger partial charge in [-0.3, -0.25) is 4.98 Å². The second-order valence-electron chi connectivity index (χ2n) is 7.40. The van der Waals surface area contributed by atoms with Gasteiger partial charge in [-0.1, -0.05) is 6.92 Å². The molecule has 4 heterocycles. The molecule has 2 bridgehead atoms. The molecule has 3 fully saturated rings. The SMILES string of the molecule is CC[C@@H]1C[NH+]2CC[C@@H]1C[C@@H]2[C@H](O)c1ccnc2ccc(OC)cc12. The Morgan fingerprint density at radius 2 is 2.25 bits per heavy atom. The molecule has 0 radical (unpaired) electrons. The van der Waals surface area contributed by atoms with Crippen molar-refractivity contribution >= 4 is 10.9 Å². The molecule has 0 spiro atoms. The van der Waals surface area contributed by atoms with E-state index < -0.39 is 6.10 Å². The first-order valence-electron chi connectivity index (χ1n) is 9.16. The van der Waals surface area contributed by atoms with E-state index in [1.54, 1.807) is 12.0 Å². The number of aliphatic hydroxyl groups excluding tert-OH is 1. The van der Waals surface area contributed by atoms with Gasteiger partial charge in [0.1, 0.15) is 17.9 Å². The number of hydrogen-bond acceptors (Lipinski definition) is 3. The number of methoxy groups -OCH3 is 1. The van der Waals surface area contributed by atoms with Gasteiger partial charge < -0.3 is 14.7 Å². The molecule has 1 unspecified atom stereocenters. The number of nitrogens with zero attached hydrogens (tertiary/aromatic N) is 1. The fraction of sp³-hybridized carbons (Fsp3) is 0.550. The molecule has 128 valence electrons. The Hall–Kier alpha value is -1.65. The molecule has 24 heavy (non-hydrogen) atoms. The van der Waals surface area contributed by atoms with Crippen LogP contribution in [0.25, 0.3) is 10.9 Å². The summed E-state index contributed by atoms with van der Waals surface area (Å²) in [5.41, 5.74) is 1.92. The monoisotopic (exact) mass is 327 g/mol. The molecular formula is C20H27N2O2+. The first-order valence-corrected chi connectivity index (χ1v) is 9.16. The van der Waals surface area contributed by atoms with Crippen LogP contribution in [0.4, 0.5) is 0 Å². The minimum atomic E-state index is -0.432. The van der Waals surface area contributed by atoms with E-state index in [4.69, 9.17) is 4.74 Å². The van der Waals surface area contributed by atoms with Gasteiger partial charge in [0.2, 0.25) is 0 Å². The van der Waals surface area contributed by atoms with Crippen LogP contribution in [0, 0.1) is 11.8 Å². The van der Waals surface area contributed by atoms with Crippen LogP contribution in [0.15, 0.2) is 30.5 Å². The summed E-state index contributed by atoms with van der Waals surface area (Å²) >= 11 is 0. The summed E-state index contributed by atoms with van der Waals surface area (Å²) < 4.78 is 5.37. The number of benzene rings is 1. The maximum absolute atomic E-state index is 11.2. The van der Waals surface area contributed by atoms with Crippen LogP contribution in [0.1, 0.15) is 37.9 Å². The molecule has 0 amide bonds. The summed E-state index contributed by atoms with van der Waals surface area (Å²) in [4.78, 5) is 6.03. The molecule has 5 atom stereocenters. The smallest absolute Gasteiger partial charge is 0.131 e. The van der Waals surface area contributed by atoms with E-state index in [0.29, 0.717) is 6.04 Å². The molecule has 2 aromatic rings. The van der Waals surface area contributed by atoms with Gasteiger partial charge in [0.25, 0.3) is 0 Å². The van der Waals surface area contributed by atoms with Crippen LogP contribution in [0.2, 0.25) is 0 Å². The Balaban J connectivity index is 1.68. The van der Waals surface area contributed by atoms with Crippen molar-refractivity contribution in [2.75, 3.05) is 20.2 Å². The van der Waals surface area contributed by atoms with Crippen LogP contribution in [-0.2, 0) is 0 Å². The number of aromatic nitrogens is 1. The lowest BCUT2D eigenvalue weighted by atomic mass is 9.72. The predicted molar refractivity (Wildman–Crippen MR) is 94.2 cm³/mol. The van der Waals surface area contributed by atoms with Crippen LogP contribution < -0.4 is 9.64 Å². The van der Waals surface area contributed by atoms with Crippen molar-refractivity contribution in [1.82, 2.24) is 4.98 Å².